The molecular weight excluding hydrogens is 350 g/mol. The number of hydrogen-bond acceptors (Lipinski definition) is 1. The molecule has 0 aromatic carbocycles. The van der Waals surface area contributed by atoms with Crippen LogP contribution in [-0.2, 0) is 0 Å². The minimum Gasteiger partial charge on any atom is -0.317 e. The van der Waals surface area contributed by atoms with E-state index >= 15 is 0 Å². The first kappa shape index (κ1) is 29.0. The second-order valence-corrected chi connectivity index (χ2v) is 9.53. The molecule has 176 valence electrons. The number of nitrogens with one attached hydrogen (secondary N) is 1. The van der Waals surface area contributed by atoms with Crippen LogP contribution in [0, 0.1) is 0 Å². The van der Waals surface area contributed by atoms with E-state index in [1.54, 1.807) is 0 Å². The van der Waals surface area contributed by atoms with E-state index in [0.29, 0.717) is 0 Å². The van der Waals surface area contributed by atoms with Gasteiger partial charge in [0.15, 0.2) is 0 Å². The van der Waals surface area contributed by atoms with Gasteiger partial charge in [0, 0.05) is 0 Å². The van der Waals surface area contributed by atoms with Crippen LogP contribution < -0.4 is 5.32 Å². The smallest absolute Gasteiger partial charge is 0.00489 e. The van der Waals surface area contributed by atoms with Crippen LogP contribution >= 0.6 is 0 Å². The molecule has 0 atom stereocenters. The predicted octanol–water partition coefficient (Wildman–Crippen LogP) is 9.98. The molecule has 0 fully saturated rings. The fourth-order valence-corrected chi connectivity index (χ4v) is 4.31. The fourth-order valence-electron chi connectivity index (χ4n) is 4.31. The SMILES string of the molecule is CCCCCCCCCCCCCCCCCCCCCCNCCCCCC. The first-order valence-corrected chi connectivity index (χ1v) is 14.1. The van der Waals surface area contributed by atoms with E-state index in [0.717, 1.165) is 0 Å². The van der Waals surface area contributed by atoms with E-state index in [9.17, 15) is 0 Å². The zero-order valence-electron chi connectivity index (χ0n) is 20.9. The van der Waals surface area contributed by atoms with Crippen molar-refractivity contribution in [3.63, 3.8) is 0 Å². The summed E-state index contributed by atoms with van der Waals surface area (Å²) in [6.45, 7) is 7.06. The van der Waals surface area contributed by atoms with E-state index in [1.807, 2.05) is 0 Å². The molecule has 1 heteroatoms. The molecule has 0 aliphatic heterocycles. The summed E-state index contributed by atoms with van der Waals surface area (Å²) in [4.78, 5) is 0. The summed E-state index contributed by atoms with van der Waals surface area (Å²) < 4.78 is 0. The molecule has 0 unspecified atom stereocenters. The van der Waals surface area contributed by atoms with Gasteiger partial charge in [-0.25, -0.2) is 0 Å². The van der Waals surface area contributed by atoms with Gasteiger partial charge in [0.25, 0.3) is 0 Å². The van der Waals surface area contributed by atoms with E-state index in [-0.39, 0.29) is 0 Å². The van der Waals surface area contributed by atoms with E-state index < -0.39 is 0 Å². The molecule has 0 aromatic rings. The molecule has 0 spiro atoms. The van der Waals surface area contributed by atoms with Gasteiger partial charge in [0.2, 0.25) is 0 Å². The number of unbranched alkanes of at least 4 members (excludes halogenated alkanes) is 22. The van der Waals surface area contributed by atoms with Crippen LogP contribution in [0.1, 0.15) is 168 Å². The van der Waals surface area contributed by atoms with Gasteiger partial charge in [0.1, 0.15) is 0 Å². The van der Waals surface area contributed by atoms with Crippen LogP contribution in [-0.4, -0.2) is 13.1 Å². The molecular formula is C28H59N. The molecule has 0 aliphatic rings. The Kier molecular flexibility index (Phi) is 27.9. The van der Waals surface area contributed by atoms with Crippen molar-refractivity contribution in [2.75, 3.05) is 13.1 Å². The Bertz CT molecular complexity index is 237. The molecule has 1 nitrogen and oxygen atoms in total. The lowest BCUT2D eigenvalue weighted by molar-refractivity contribution is 0.517. The molecule has 0 aromatic heterocycles. The van der Waals surface area contributed by atoms with Crippen molar-refractivity contribution < 1.29 is 0 Å². The Morgan fingerprint density at radius 1 is 0.276 bits per heavy atom. The maximum absolute atomic E-state index is 3.60. The van der Waals surface area contributed by atoms with E-state index in [4.69, 9.17) is 0 Å². The Labute approximate surface area is 186 Å². The standard InChI is InChI=1S/C28H59N/c1-3-5-7-9-10-11-12-13-14-15-16-17-18-19-20-21-22-23-24-26-28-29-27-25-8-6-4-2/h29H,3-28H2,1-2H3. The fraction of sp³-hybridized carbons (Fsp3) is 1.00. The van der Waals surface area contributed by atoms with Crippen molar-refractivity contribution in [3.05, 3.63) is 0 Å². The summed E-state index contributed by atoms with van der Waals surface area (Å²) in [5.41, 5.74) is 0. The molecule has 0 saturated carbocycles. The molecule has 0 aliphatic carbocycles. The third kappa shape index (κ3) is 28.0. The van der Waals surface area contributed by atoms with Crippen LogP contribution in [0.2, 0.25) is 0 Å². The first-order chi connectivity index (χ1) is 14.4. The molecule has 0 amide bonds. The van der Waals surface area contributed by atoms with Gasteiger partial charge in [0.05, 0.1) is 0 Å². The minimum atomic E-state index is 1.24. The third-order valence-corrected chi connectivity index (χ3v) is 6.41. The van der Waals surface area contributed by atoms with Gasteiger partial charge in [-0.05, 0) is 25.9 Å². The molecule has 0 bridgehead atoms. The Hall–Kier alpha value is -0.0400. The Morgan fingerprint density at radius 3 is 0.759 bits per heavy atom. The monoisotopic (exact) mass is 409 g/mol. The summed E-state index contributed by atoms with van der Waals surface area (Å²) in [5, 5.41) is 3.60. The predicted molar refractivity (Wildman–Crippen MR) is 135 cm³/mol. The van der Waals surface area contributed by atoms with Crippen molar-refractivity contribution in [3.8, 4) is 0 Å². The van der Waals surface area contributed by atoms with Crippen molar-refractivity contribution in [1.29, 1.82) is 0 Å². The van der Waals surface area contributed by atoms with Crippen LogP contribution in [0.15, 0.2) is 0 Å². The lowest BCUT2D eigenvalue weighted by Gasteiger charge is -2.05. The highest BCUT2D eigenvalue weighted by atomic mass is 14.8. The first-order valence-electron chi connectivity index (χ1n) is 14.1. The van der Waals surface area contributed by atoms with Crippen molar-refractivity contribution >= 4 is 0 Å². The second-order valence-electron chi connectivity index (χ2n) is 9.53. The topological polar surface area (TPSA) is 12.0 Å². The van der Waals surface area contributed by atoms with Crippen LogP contribution in [0.5, 0.6) is 0 Å². The van der Waals surface area contributed by atoms with Crippen molar-refractivity contribution in [2.24, 2.45) is 0 Å². The van der Waals surface area contributed by atoms with Crippen LogP contribution in [0.25, 0.3) is 0 Å². The third-order valence-electron chi connectivity index (χ3n) is 6.41. The highest BCUT2D eigenvalue weighted by molar-refractivity contribution is 4.53. The maximum Gasteiger partial charge on any atom is -0.00489 e. The maximum atomic E-state index is 3.60. The van der Waals surface area contributed by atoms with Crippen molar-refractivity contribution in [2.45, 2.75) is 168 Å². The highest BCUT2D eigenvalue weighted by Gasteiger charge is 1.95. The number of rotatable bonds is 26. The van der Waals surface area contributed by atoms with Gasteiger partial charge >= 0.3 is 0 Å². The molecule has 29 heavy (non-hydrogen) atoms. The summed E-state index contributed by atoms with van der Waals surface area (Å²) in [7, 11) is 0. The van der Waals surface area contributed by atoms with E-state index in [2.05, 4.69) is 19.2 Å². The Morgan fingerprint density at radius 2 is 0.483 bits per heavy atom. The van der Waals surface area contributed by atoms with Crippen molar-refractivity contribution in [1.82, 2.24) is 5.32 Å². The van der Waals surface area contributed by atoms with Gasteiger partial charge in [-0.15, -0.1) is 0 Å². The average Bonchev–Trinajstić information content (AvgIpc) is 2.74. The summed E-state index contributed by atoms with van der Waals surface area (Å²) >= 11 is 0. The lowest BCUT2D eigenvalue weighted by atomic mass is 10.0. The summed E-state index contributed by atoms with van der Waals surface area (Å²) in [5.74, 6) is 0. The molecule has 0 radical (unpaired) electrons. The number of hydrogen-bond donors (Lipinski definition) is 1. The van der Waals surface area contributed by atoms with Gasteiger partial charge in [-0.2, -0.15) is 0 Å². The van der Waals surface area contributed by atoms with Crippen LogP contribution in [0.3, 0.4) is 0 Å². The van der Waals surface area contributed by atoms with Gasteiger partial charge in [-0.1, -0.05) is 155 Å². The minimum absolute atomic E-state index is 1.24. The van der Waals surface area contributed by atoms with Crippen LogP contribution in [0.4, 0.5) is 0 Å². The second kappa shape index (κ2) is 28.0. The summed E-state index contributed by atoms with van der Waals surface area (Å²) in [6, 6.07) is 0. The Balaban J connectivity index is 2.97. The normalized spacial score (nSPS) is 11.4. The molecule has 1 N–H and O–H groups in total. The van der Waals surface area contributed by atoms with Gasteiger partial charge < -0.3 is 5.32 Å². The highest BCUT2D eigenvalue weighted by Crippen LogP contribution is 2.14. The zero-order valence-corrected chi connectivity index (χ0v) is 20.9. The average molecular weight is 410 g/mol. The summed E-state index contributed by atoms with van der Waals surface area (Å²) in [6.07, 6.45) is 34.8. The molecule has 0 heterocycles. The largest absolute Gasteiger partial charge is 0.317 e. The molecule has 0 rings (SSSR count). The lowest BCUT2D eigenvalue weighted by Crippen LogP contribution is -2.16. The van der Waals surface area contributed by atoms with E-state index in [1.165, 1.54) is 167 Å². The molecule has 0 saturated heterocycles. The van der Waals surface area contributed by atoms with Gasteiger partial charge in [-0.3, -0.25) is 0 Å². The quantitative estimate of drug-likeness (QED) is 0.140. The zero-order chi connectivity index (χ0) is 21.1.